The van der Waals surface area contributed by atoms with E-state index in [1.165, 1.54) is 6.07 Å². The van der Waals surface area contributed by atoms with Crippen LogP contribution in [-0.4, -0.2) is 36.6 Å². The Hall–Kier alpha value is -0.650. The van der Waals surface area contributed by atoms with Gasteiger partial charge in [-0.1, -0.05) is 0 Å². The molecule has 1 aromatic rings. The molecular weight excluding hydrogens is 297 g/mol. The normalized spacial score (nSPS) is 28.6. The van der Waals surface area contributed by atoms with Crippen LogP contribution in [0.1, 0.15) is 13.3 Å². The predicted octanol–water partition coefficient (Wildman–Crippen LogP) is 2.42. The van der Waals surface area contributed by atoms with Crippen LogP contribution in [-0.2, 0) is 0 Å². The maximum Gasteiger partial charge on any atom is 0.137 e. The highest BCUT2D eigenvalue weighted by atomic mass is 79.9. The number of benzene rings is 1. The molecule has 0 saturated carbocycles. The van der Waals surface area contributed by atoms with Gasteiger partial charge in [0.15, 0.2) is 0 Å². The molecule has 100 valence electrons. The van der Waals surface area contributed by atoms with Crippen molar-refractivity contribution in [1.82, 2.24) is 4.90 Å². The van der Waals surface area contributed by atoms with Crippen molar-refractivity contribution in [2.75, 3.05) is 25.5 Å². The third-order valence-corrected chi connectivity index (χ3v) is 4.32. The van der Waals surface area contributed by atoms with Gasteiger partial charge in [0.25, 0.3) is 0 Å². The summed E-state index contributed by atoms with van der Waals surface area (Å²) < 4.78 is 13.7. The first-order valence-electron chi connectivity index (χ1n) is 6.09. The minimum Gasteiger partial charge on any atom is -0.377 e. The Morgan fingerprint density at radius 3 is 2.83 bits per heavy atom. The third kappa shape index (κ3) is 2.68. The van der Waals surface area contributed by atoms with Gasteiger partial charge in [0.1, 0.15) is 5.82 Å². The summed E-state index contributed by atoms with van der Waals surface area (Å²) in [5, 5.41) is 3.47. The molecule has 18 heavy (non-hydrogen) atoms. The summed E-state index contributed by atoms with van der Waals surface area (Å²) in [7, 11) is 2.10. The molecule has 1 aliphatic heterocycles. The van der Waals surface area contributed by atoms with Crippen molar-refractivity contribution in [2.45, 2.75) is 24.9 Å². The molecule has 1 heterocycles. The maximum absolute atomic E-state index is 13.2. The van der Waals surface area contributed by atoms with E-state index in [4.69, 9.17) is 5.73 Å². The molecule has 2 rings (SSSR count). The first-order valence-corrected chi connectivity index (χ1v) is 6.89. The number of hydrogen-bond donors (Lipinski definition) is 2. The topological polar surface area (TPSA) is 41.3 Å². The average molecular weight is 316 g/mol. The van der Waals surface area contributed by atoms with Gasteiger partial charge in [-0.05, 0) is 54.5 Å². The number of likely N-dealkylation sites (tertiary alicyclic amines) is 1. The van der Waals surface area contributed by atoms with Crippen LogP contribution >= 0.6 is 15.9 Å². The number of nitrogens with two attached hydrogens (primary N) is 1. The van der Waals surface area contributed by atoms with Crippen molar-refractivity contribution in [2.24, 2.45) is 5.73 Å². The summed E-state index contributed by atoms with van der Waals surface area (Å²) in [6.45, 7) is 3.66. The fraction of sp³-hybridized carbons (Fsp3) is 0.538. The van der Waals surface area contributed by atoms with Gasteiger partial charge in [-0.2, -0.15) is 0 Å². The third-order valence-electron chi connectivity index (χ3n) is 3.71. The van der Waals surface area contributed by atoms with Crippen LogP contribution in [0.4, 0.5) is 10.1 Å². The molecule has 0 aliphatic carbocycles. The zero-order valence-corrected chi connectivity index (χ0v) is 12.3. The molecule has 0 amide bonds. The van der Waals surface area contributed by atoms with E-state index in [0.717, 1.165) is 18.7 Å². The van der Waals surface area contributed by atoms with Crippen LogP contribution < -0.4 is 11.1 Å². The monoisotopic (exact) mass is 315 g/mol. The number of halogens is 2. The van der Waals surface area contributed by atoms with E-state index in [2.05, 4.69) is 40.1 Å². The molecule has 0 aromatic heterocycles. The van der Waals surface area contributed by atoms with Crippen molar-refractivity contribution < 1.29 is 4.39 Å². The molecule has 1 aromatic carbocycles. The lowest BCUT2D eigenvalue weighted by atomic mass is 9.96. The van der Waals surface area contributed by atoms with Gasteiger partial charge in [0.2, 0.25) is 0 Å². The number of nitrogens with one attached hydrogen (secondary N) is 1. The molecular formula is C13H19BrFN3. The molecule has 1 aliphatic rings. The molecule has 2 atom stereocenters. The van der Waals surface area contributed by atoms with E-state index in [-0.39, 0.29) is 11.4 Å². The summed E-state index contributed by atoms with van der Waals surface area (Å²) in [5.41, 5.74) is 6.71. The highest BCUT2D eigenvalue weighted by Gasteiger charge is 2.39. The lowest BCUT2D eigenvalue weighted by Crippen LogP contribution is -2.47. The van der Waals surface area contributed by atoms with E-state index in [1.54, 1.807) is 12.1 Å². The fourth-order valence-electron chi connectivity index (χ4n) is 2.59. The van der Waals surface area contributed by atoms with Crippen LogP contribution in [0, 0.1) is 5.82 Å². The summed E-state index contributed by atoms with van der Waals surface area (Å²) in [5.74, 6) is -0.251. The first-order chi connectivity index (χ1) is 8.46. The molecule has 1 fully saturated rings. The number of hydrogen-bond acceptors (Lipinski definition) is 3. The van der Waals surface area contributed by atoms with Gasteiger partial charge in [-0.25, -0.2) is 4.39 Å². The van der Waals surface area contributed by atoms with Crippen molar-refractivity contribution in [3.63, 3.8) is 0 Å². The molecule has 3 N–H and O–H groups in total. The van der Waals surface area contributed by atoms with Crippen molar-refractivity contribution in [1.29, 1.82) is 0 Å². The minimum absolute atomic E-state index is 0.120. The van der Waals surface area contributed by atoms with Gasteiger partial charge in [-0.15, -0.1) is 0 Å². The number of rotatable bonds is 3. The number of nitrogens with zero attached hydrogens (tertiary/aromatic N) is 1. The van der Waals surface area contributed by atoms with Gasteiger partial charge >= 0.3 is 0 Å². The van der Waals surface area contributed by atoms with Crippen molar-refractivity contribution in [3.05, 3.63) is 28.5 Å². The SMILES string of the molecule is CC1CC(CN)(Nc2ccc(F)c(Br)c2)CN1C. The predicted molar refractivity (Wildman–Crippen MR) is 76.2 cm³/mol. The van der Waals surface area contributed by atoms with Gasteiger partial charge < -0.3 is 16.0 Å². The number of likely N-dealkylation sites (N-methyl/N-ethyl adjacent to an activating group) is 1. The Kier molecular flexibility index (Phi) is 3.94. The molecule has 0 spiro atoms. The Morgan fingerprint density at radius 1 is 1.61 bits per heavy atom. The lowest BCUT2D eigenvalue weighted by molar-refractivity contribution is 0.323. The molecule has 3 nitrogen and oxygen atoms in total. The fourth-order valence-corrected chi connectivity index (χ4v) is 2.97. The second-order valence-corrected chi connectivity index (χ2v) is 6.06. The molecule has 5 heteroatoms. The smallest absolute Gasteiger partial charge is 0.137 e. The van der Waals surface area contributed by atoms with E-state index < -0.39 is 0 Å². The van der Waals surface area contributed by atoms with Crippen LogP contribution in [0.2, 0.25) is 0 Å². The van der Waals surface area contributed by atoms with Gasteiger partial charge in [0.05, 0.1) is 10.0 Å². The Labute approximate surface area is 116 Å². The Morgan fingerprint density at radius 2 is 2.33 bits per heavy atom. The average Bonchev–Trinajstić information content (AvgIpc) is 2.60. The lowest BCUT2D eigenvalue weighted by Gasteiger charge is -2.30. The summed E-state index contributed by atoms with van der Waals surface area (Å²) >= 11 is 3.20. The Bertz CT molecular complexity index is 428. The first kappa shape index (κ1) is 13.8. The molecule has 0 bridgehead atoms. The standard InChI is InChI=1S/C13H19BrFN3/c1-9-6-13(7-16,8-18(9)2)17-10-3-4-12(15)11(14)5-10/h3-5,9,17H,6-8,16H2,1-2H3. The number of anilines is 1. The zero-order valence-electron chi connectivity index (χ0n) is 10.7. The second-order valence-electron chi connectivity index (χ2n) is 5.21. The van der Waals surface area contributed by atoms with E-state index in [1.807, 2.05) is 0 Å². The summed E-state index contributed by atoms with van der Waals surface area (Å²) in [6, 6.07) is 5.47. The minimum atomic E-state index is -0.251. The van der Waals surface area contributed by atoms with Crippen LogP contribution in [0.3, 0.4) is 0 Å². The van der Waals surface area contributed by atoms with Crippen molar-refractivity contribution >= 4 is 21.6 Å². The largest absolute Gasteiger partial charge is 0.377 e. The highest BCUT2D eigenvalue weighted by Crippen LogP contribution is 2.30. The molecule has 0 radical (unpaired) electrons. The molecule has 2 unspecified atom stereocenters. The maximum atomic E-state index is 13.2. The van der Waals surface area contributed by atoms with Crippen LogP contribution in [0.25, 0.3) is 0 Å². The van der Waals surface area contributed by atoms with Gasteiger partial charge in [0, 0.05) is 24.8 Å². The quantitative estimate of drug-likeness (QED) is 0.900. The van der Waals surface area contributed by atoms with E-state index in [0.29, 0.717) is 17.1 Å². The van der Waals surface area contributed by atoms with Crippen LogP contribution in [0.5, 0.6) is 0 Å². The Balaban J connectivity index is 2.18. The van der Waals surface area contributed by atoms with Gasteiger partial charge in [-0.3, -0.25) is 0 Å². The van der Waals surface area contributed by atoms with E-state index >= 15 is 0 Å². The van der Waals surface area contributed by atoms with E-state index in [9.17, 15) is 4.39 Å². The summed E-state index contributed by atoms with van der Waals surface area (Å²) in [4.78, 5) is 2.29. The zero-order chi connectivity index (χ0) is 13.3. The van der Waals surface area contributed by atoms with Crippen LogP contribution in [0.15, 0.2) is 22.7 Å². The molecule has 1 saturated heterocycles. The van der Waals surface area contributed by atoms with Crippen molar-refractivity contribution in [3.8, 4) is 0 Å². The second kappa shape index (κ2) is 5.15. The summed E-state index contributed by atoms with van der Waals surface area (Å²) in [6.07, 6.45) is 0.995. The highest BCUT2D eigenvalue weighted by molar-refractivity contribution is 9.10.